The van der Waals surface area contributed by atoms with E-state index in [0.717, 1.165) is 38.0 Å². The molecule has 0 bridgehead atoms. The number of piperidine rings is 1. The van der Waals surface area contributed by atoms with E-state index in [1.807, 2.05) is 17.0 Å². The third-order valence-electron chi connectivity index (χ3n) is 4.14. The molecule has 0 radical (unpaired) electrons. The number of nitrogens with zero attached hydrogens (tertiary/aromatic N) is 3. The summed E-state index contributed by atoms with van der Waals surface area (Å²) < 4.78 is 0. The lowest BCUT2D eigenvalue weighted by Gasteiger charge is -2.26. The highest BCUT2D eigenvalue weighted by Gasteiger charge is 2.19. The highest BCUT2D eigenvalue weighted by Crippen LogP contribution is 2.16. The Labute approximate surface area is 136 Å². The van der Waals surface area contributed by atoms with Crippen molar-refractivity contribution in [2.24, 2.45) is 0 Å². The molecule has 0 aliphatic carbocycles. The quantitative estimate of drug-likeness (QED) is 0.940. The second-order valence-electron chi connectivity index (χ2n) is 5.79. The smallest absolute Gasteiger partial charge is 0.272 e. The molecule has 0 unspecified atom stereocenters. The van der Waals surface area contributed by atoms with Gasteiger partial charge in [-0.25, -0.2) is 9.97 Å². The van der Waals surface area contributed by atoms with E-state index in [2.05, 4.69) is 34.3 Å². The summed E-state index contributed by atoms with van der Waals surface area (Å²) in [7, 11) is 0. The standard InChI is InChI=1S/C18H22N4O/c1-2-14-6-8-15(9-7-14)20-18-19-11-10-16(21-18)17(23)22-12-4-3-5-13-22/h6-11H,2-5,12-13H2,1H3,(H,19,20,21). The molecule has 23 heavy (non-hydrogen) atoms. The zero-order chi connectivity index (χ0) is 16.1. The molecule has 0 spiro atoms. The number of anilines is 2. The Kier molecular flexibility index (Phi) is 4.86. The molecule has 3 rings (SSSR count). The molecular weight excluding hydrogens is 288 g/mol. The average Bonchev–Trinajstić information content (AvgIpc) is 2.63. The first-order valence-electron chi connectivity index (χ1n) is 8.24. The van der Waals surface area contributed by atoms with Crippen LogP contribution in [0.5, 0.6) is 0 Å². The van der Waals surface area contributed by atoms with Crippen LogP contribution in [0.2, 0.25) is 0 Å². The summed E-state index contributed by atoms with van der Waals surface area (Å²) in [5.41, 5.74) is 2.66. The Morgan fingerprint density at radius 2 is 1.87 bits per heavy atom. The van der Waals surface area contributed by atoms with Crippen molar-refractivity contribution in [3.05, 3.63) is 47.8 Å². The number of likely N-dealkylation sites (tertiary alicyclic amines) is 1. The number of benzene rings is 1. The van der Waals surface area contributed by atoms with E-state index in [4.69, 9.17) is 0 Å². The summed E-state index contributed by atoms with van der Waals surface area (Å²) in [5.74, 6) is 0.452. The zero-order valence-corrected chi connectivity index (χ0v) is 13.5. The van der Waals surface area contributed by atoms with E-state index in [9.17, 15) is 4.79 Å². The first kappa shape index (κ1) is 15.5. The van der Waals surface area contributed by atoms with Gasteiger partial charge in [0.15, 0.2) is 0 Å². The summed E-state index contributed by atoms with van der Waals surface area (Å²) in [6, 6.07) is 9.83. The number of nitrogens with one attached hydrogen (secondary N) is 1. The minimum absolute atomic E-state index is 0.00326. The molecule has 1 aromatic carbocycles. The maximum atomic E-state index is 12.5. The van der Waals surface area contributed by atoms with E-state index in [1.54, 1.807) is 12.3 Å². The highest BCUT2D eigenvalue weighted by molar-refractivity contribution is 5.92. The molecule has 1 aliphatic heterocycles. The summed E-state index contributed by atoms with van der Waals surface area (Å²) in [5, 5.41) is 3.16. The van der Waals surface area contributed by atoms with E-state index in [1.165, 1.54) is 12.0 Å². The summed E-state index contributed by atoms with van der Waals surface area (Å²) in [6.07, 6.45) is 6.00. The number of carbonyl (C=O) groups excluding carboxylic acids is 1. The normalized spacial score (nSPS) is 14.6. The van der Waals surface area contributed by atoms with Crippen LogP contribution in [-0.2, 0) is 6.42 Å². The number of carbonyl (C=O) groups is 1. The Bertz CT molecular complexity index is 663. The molecule has 1 saturated heterocycles. The van der Waals surface area contributed by atoms with Crippen LogP contribution in [0.15, 0.2) is 36.5 Å². The van der Waals surface area contributed by atoms with Gasteiger partial charge in [-0.1, -0.05) is 19.1 Å². The van der Waals surface area contributed by atoms with Gasteiger partial charge in [-0.2, -0.15) is 0 Å². The fraction of sp³-hybridized carbons (Fsp3) is 0.389. The first-order valence-corrected chi connectivity index (χ1v) is 8.24. The number of hydrogen-bond acceptors (Lipinski definition) is 4. The number of amides is 1. The Balaban J connectivity index is 1.72. The molecule has 1 N–H and O–H groups in total. The number of aromatic nitrogens is 2. The second kappa shape index (κ2) is 7.22. The van der Waals surface area contributed by atoms with Crippen LogP contribution in [0.3, 0.4) is 0 Å². The van der Waals surface area contributed by atoms with Gasteiger partial charge in [0.05, 0.1) is 0 Å². The molecule has 1 aromatic heterocycles. The Morgan fingerprint density at radius 3 is 2.57 bits per heavy atom. The maximum Gasteiger partial charge on any atom is 0.272 e. The van der Waals surface area contributed by atoms with Crippen molar-refractivity contribution in [3.8, 4) is 0 Å². The fourth-order valence-electron chi connectivity index (χ4n) is 2.75. The SMILES string of the molecule is CCc1ccc(Nc2nccc(C(=O)N3CCCCC3)n2)cc1. The van der Waals surface area contributed by atoms with Crippen molar-refractivity contribution < 1.29 is 4.79 Å². The molecule has 2 aromatic rings. The predicted octanol–water partition coefficient (Wildman–Crippen LogP) is 3.41. The lowest BCUT2D eigenvalue weighted by Crippen LogP contribution is -2.36. The summed E-state index contributed by atoms with van der Waals surface area (Å²) in [6.45, 7) is 3.77. The highest BCUT2D eigenvalue weighted by atomic mass is 16.2. The third kappa shape index (κ3) is 3.86. The van der Waals surface area contributed by atoms with Crippen molar-refractivity contribution >= 4 is 17.5 Å². The van der Waals surface area contributed by atoms with Crippen LogP contribution < -0.4 is 5.32 Å². The first-order chi connectivity index (χ1) is 11.3. The molecule has 5 heteroatoms. The lowest BCUT2D eigenvalue weighted by atomic mass is 10.1. The fourth-order valence-corrected chi connectivity index (χ4v) is 2.75. The van der Waals surface area contributed by atoms with E-state index < -0.39 is 0 Å². The number of aryl methyl sites for hydroxylation is 1. The van der Waals surface area contributed by atoms with Crippen LogP contribution in [-0.4, -0.2) is 33.9 Å². The van der Waals surface area contributed by atoms with E-state index >= 15 is 0 Å². The Hall–Kier alpha value is -2.43. The topological polar surface area (TPSA) is 58.1 Å². The molecule has 5 nitrogen and oxygen atoms in total. The van der Waals surface area contributed by atoms with Crippen molar-refractivity contribution in [3.63, 3.8) is 0 Å². The van der Waals surface area contributed by atoms with Gasteiger partial charge in [-0.05, 0) is 49.4 Å². The minimum atomic E-state index is -0.00326. The van der Waals surface area contributed by atoms with Crippen LogP contribution in [0.25, 0.3) is 0 Å². The van der Waals surface area contributed by atoms with Crippen LogP contribution >= 0.6 is 0 Å². The molecule has 0 atom stereocenters. The largest absolute Gasteiger partial charge is 0.337 e. The van der Waals surface area contributed by atoms with Gasteiger partial charge in [0.1, 0.15) is 5.69 Å². The molecule has 0 saturated carbocycles. The van der Waals surface area contributed by atoms with Crippen LogP contribution in [0.1, 0.15) is 42.2 Å². The monoisotopic (exact) mass is 310 g/mol. The molecule has 1 fully saturated rings. The Morgan fingerprint density at radius 1 is 1.13 bits per heavy atom. The van der Waals surface area contributed by atoms with Crippen molar-refractivity contribution in [1.82, 2.24) is 14.9 Å². The van der Waals surface area contributed by atoms with Crippen LogP contribution in [0, 0.1) is 0 Å². The van der Waals surface area contributed by atoms with Gasteiger partial charge in [-0.3, -0.25) is 4.79 Å². The molecule has 1 aliphatic rings. The van der Waals surface area contributed by atoms with Gasteiger partial charge in [-0.15, -0.1) is 0 Å². The van der Waals surface area contributed by atoms with Crippen molar-refractivity contribution in [1.29, 1.82) is 0 Å². The molecule has 2 heterocycles. The summed E-state index contributed by atoms with van der Waals surface area (Å²) >= 11 is 0. The average molecular weight is 310 g/mol. The van der Waals surface area contributed by atoms with E-state index in [0.29, 0.717) is 11.6 Å². The van der Waals surface area contributed by atoms with E-state index in [-0.39, 0.29) is 5.91 Å². The molecule has 1 amide bonds. The van der Waals surface area contributed by atoms with Crippen molar-refractivity contribution in [2.45, 2.75) is 32.6 Å². The lowest BCUT2D eigenvalue weighted by molar-refractivity contribution is 0.0718. The molecular formula is C18H22N4O. The van der Waals surface area contributed by atoms with Gasteiger partial charge in [0, 0.05) is 25.0 Å². The predicted molar refractivity (Wildman–Crippen MR) is 90.9 cm³/mol. The van der Waals surface area contributed by atoms with Gasteiger partial charge < -0.3 is 10.2 Å². The summed E-state index contributed by atoms with van der Waals surface area (Å²) in [4.78, 5) is 23.0. The second-order valence-corrected chi connectivity index (χ2v) is 5.79. The van der Waals surface area contributed by atoms with Crippen molar-refractivity contribution in [2.75, 3.05) is 18.4 Å². The number of rotatable bonds is 4. The van der Waals surface area contributed by atoms with Gasteiger partial charge >= 0.3 is 0 Å². The third-order valence-corrected chi connectivity index (χ3v) is 4.14. The maximum absolute atomic E-state index is 12.5. The molecule has 120 valence electrons. The van der Waals surface area contributed by atoms with Gasteiger partial charge in [0.2, 0.25) is 5.95 Å². The minimum Gasteiger partial charge on any atom is -0.337 e. The zero-order valence-electron chi connectivity index (χ0n) is 13.5. The van der Waals surface area contributed by atoms with Crippen LogP contribution in [0.4, 0.5) is 11.6 Å². The van der Waals surface area contributed by atoms with Gasteiger partial charge in [0.25, 0.3) is 5.91 Å². The number of hydrogen-bond donors (Lipinski definition) is 1.